The lowest BCUT2D eigenvalue weighted by molar-refractivity contribution is -0.139. The summed E-state index contributed by atoms with van der Waals surface area (Å²) >= 11 is 12.4. The molecule has 1 N–H and O–H groups in total. The summed E-state index contributed by atoms with van der Waals surface area (Å²) in [6.45, 7) is 4.05. The van der Waals surface area contributed by atoms with Crippen LogP contribution < -0.4 is 10.1 Å². The minimum Gasteiger partial charge on any atom is -0.489 e. The van der Waals surface area contributed by atoms with Gasteiger partial charge in [0.2, 0.25) is 5.95 Å². The normalized spacial score (nSPS) is 15.3. The first-order valence-corrected chi connectivity index (χ1v) is 10.3. The number of carbonyl (C=O) groups excluding carboxylic acids is 1. The Kier molecular flexibility index (Phi) is 6.11. The van der Waals surface area contributed by atoms with Crippen molar-refractivity contribution in [2.75, 3.05) is 11.9 Å². The molecule has 31 heavy (non-hydrogen) atoms. The largest absolute Gasteiger partial charge is 0.489 e. The fourth-order valence-corrected chi connectivity index (χ4v) is 3.87. The smallest absolute Gasteiger partial charge is 0.338 e. The van der Waals surface area contributed by atoms with E-state index in [9.17, 15) is 4.79 Å². The number of anilines is 1. The van der Waals surface area contributed by atoms with Crippen molar-refractivity contribution in [3.05, 3.63) is 74.9 Å². The van der Waals surface area contributed by atoms with Crippen LogP contribution >= 0.6 is 23.2 Å². The molecule has 160 valence electrons. The molecule has 10 heteroatoms. The van der Waals surface area contributed by atoms with Crippen LogP contribution in [-0.4, -0.2) is 32.8 Å². The Labute approximate surface area is 188 Å². The molecule has 4 rings (SSSR count). The first-order valence-electron chi connectivity index (χ1n) is 9.58. The number of benzene rings is 2. The topological polar surface area (TPSA) is 91.2 Å². The van der Waals surface area contributed by atoms with Gasteiger partial charge in [0.15, 0.2) is 0 Å². The lowest BCUT2D eigenvalue weighted by Crippen LogP contribution is -2.29. The number of fused-ring (bicyclic) bond motifs is 1. The van der Waals surface area contributed by atoms with Crippen molar-refractivity contribution in [3.63, 3.8) is 0 Å². The molecule has 1 atom stereocenters. The molecule has 1 aliphatic rings. The summed E-state index contributed by atoms with van der Waals surface area (Å²) < 4.78 is 12.7. The van der Waals surface area contributed by atoms with E-state index in [0.717, 1.165) is 11.1 Å². The van der Waals surface area contributed by atoms with Crippen LogP contribution in [0.4, 0.5) is 5.95 Å². The molecular weight excluding hydrogens is 441 g/mol. The first-order chi connectivity index (χ1) is 15.0. The molecule has 2 aromatic carbocycles. The Morgan fingerprint density at radius 1 is 1.16 bits per heavy atom. The van der Waals surface area contributed by atoms with E-state index in [2.05, 4.69) is 20.8 Å². The molecule has 0 fully saturated rings. The summed E-state index contributed by atoms with van der Waals surface area (Å²) in [5, 5.41) is 15.9. The number of nitrogens with zero attached hydrogens (tertiary/aromatic N) is 4. The van der Waals surface area contributed by atoms with Crippen LogP contribution in [-0.2, 0) is 16.1 Å². The molecule has 8 nitrogen and oxygen atoms in total. The fourth-order valence-electron chi connectivity index (χ4n) is 3.37. The van der Waals surface area contributed by atoms with Crippen LogP contribution in [0.3, 0.4) is 0 Å². The summed E-state index contributed by atoms with van der Waals surface area (Å²) in [5.74, 6) is 0.653. The van der Waals surface area contributed by atoms with E-state index in [4.69, 9.17) is 32.7 Å². The van der Waals surface area contributed by atoms with E-state index in [0.29, 0.717) is 33.0 Å². The highest BCUT2D eigenvalue weighted by Crippen LogP contribution is 2.35. The summed E-state index contributed by atoms with van der Waals surface area (Å²) in [6.07, 6.45) is 0. The lowest BCUT2D eigenvalue weighted by atomic mass is 9.96. The van der Waals surface area contributed by atoms with Crippen LogP contribution in [0, 0.1) is 0 Å². The van der Waals surface area contributed by atoms with E-state index in [-0.39, 0.29) is 13.2 Å². The summed E-state index contributed by atoms with van der Waals surface area (Å²) in [5.41, 5.74) is 2.60. The summed E-state index contributed by atoms with van der Waals surface area (Å²) in [7, 11) is 0. The average Bonchev–Trinajstić information content (AvgIpc) is 3.21. The van der Waals surface area contributed by atoms with Gasteiger partial charge >= 0.3 is 5.97 Å². The van der Waals surface area contributed by atoms with Crippen LogP contribution in [0.15, 0.2) is 53.7 Å². The highest BCUT2D eigenvalue weighted by Gasteiger charge is 2.34. The minimum atomic E-state index is -0.530. The second kappa shape index (κ2) is 8.95. The van der Waals surface area contributed by atoms with E-state index in [1.54, 1.807) is 36.7 Å². The van der Waals surface area contributed by atoms with E-state index in [1.165, 1.54) is 0 Å². The standard InChI is InChI=1S/C21H19Cl2N5O3/c1-3-30-20(29)18-12(2)24-21-25-26-27-28(21)19(18)13-7-9-14(10-8-13)31-11-15-16(22)5-4-6-17(15)23/h4-10,19H,3,11H2,1-2H3,(H,24,25,27). The third kappa shape index (κ3) is 4.22. The molecule has 1 aliphatic heterocycles. The molecule has 1 unspecified atom stereocenters. The number of tetrazole rings is 1. The van der Waals surface area contributed by atoms with Gasteiger partial charge in [0.25, 0.3) is 0 Å². The number of nitrogens with one attached hydrogen (secondary N) is 1. The maximum absolute atomic E-state index is 12.7. The molecular formula is C21H19Cl2N5O3. The SMILES string of the molecule is CCOC(=O)C1=C(C)Nc2nnnn2C1c1ccc(OCc2c(Cl)cccc2Cl)cc1. The van der Waals surface area contributed by atoms with Crippen molar-refractivity contribution in [2.45, 2.75) is 26.5 Å². The highest BCUT2D eigenvalue weighted by molar-refractivity contribution is 6.35. The predicted molar refractivity (Wildman–Crippen MR) is 116 cm³/mol. The number of halogens is 2. The third-order valence-corrected chi connectivity index (χ3v) is 5.56. The van der Waals surface area contributed by atoms with Crippen LogP contribution in [0.25, 0.3) is 0 Å². The van der Waals surface area contributed by atoms with Gasteiger partial charge in [-0.25, -0.2) is 4.79 Å². The Balaban J connectivity index is 1.60. The second-order valence-electron chi connectivity index (χ2n) is 6.79. The average molecular weight is 460 g/mol. The number of rotatable bonds is 6. The molecule has 3 aromatic rings. The number of esters is 1. The first kappa shape index (κ1) is 21.1. The third-order valence-electron chi connectivity index (χ3n) is 4.85. The maximum Gasteiger partial charge on any atom is 0.338 e. The van der Waals surface area contributed by atoms with Crippen LogP contribution in [0.5, 0.6) is 5.75 Å². The molecule has 0 saturated carbocycles. The monoisotopic (exact) mass is 459 g/mol. The Bertz CT molecular complexity index is 1120. The van der Waals surface area contributed by atoms with Crippen LogP contribution in [0.1, 0.15) is 31.0 Å². The zero-order valence-electron chi connectivity index (χ0n) is 16.8. The van der Waals surface area contributed by atoms with Gasteiger partial charge in [-0.3, -0.25) is 0 Å². The van der Waals surface area contributed by atoms with Crippen LogP contribution in [0.2, 0.25) is 10.0 Å². The van der Waals surface area contributed by atoms with Crippen molar-refractivity contribution in [2.24, 2.45) is 0 Å². The van der Waals surface area contributed by atoms with Gasteiger partial charge in [-0.2, -0.15) is 4.68 Å². The Morgan fingerprint density at radius 2 is 1.87 bits per heavy atom. The zero-order chi connectivity index (χ0) is 22.0. The van der Waals surface area contributed by atoms with Gasteiger partial charge in [-0.05, 0) is 54.1 Å². The van der Waals surface area contributed by atoms with Crippen molar-refractivity contribution >= 4 is 35.1 Å². The molecule has 0 bridgehead atoms. The minimum absolute atomic E-state index is 0.232. The quantitative estimate of drug-likeness (QED) is 0.545. The van der Waals surface area contributed by atoms with E-state index < -0.39 is 12.0 Å². The van der Waals surface area contributed by atoms with Crippen molar-refractivity contribution in [1.29, 1.82) is 0 Å². The zero-order valence-corrected chi connectivity index (χ0v) is 18.3. The van der Waals surface area contributed by atoms with Gasteiger partial charge in [0, 0.05) is 21.3 Å². The fraction of sp³-hybridized carbons (Fsp3) is 0.238. The predicted octanol–water partition coefficient (Wildman–Crippen LogP) is 4.41. The van der Waals surface area contributed by atoms with Crippen molar-refractivity contribution < 1.29 is 14.3 Å². The second-order valence-corrected chi connectivity index (χ2v) is 7.61. The lowest BCUT2D eigenvalue weighted by Gasteiger charge is -2.27. The Hall–Kier alpha value is -3.10. The van der Waals surface area contributed by atoms with Crippen molar-refractivity contribution in [3.8, 4) is 5.75 Å². The highest BCUT2D eigenvalue weighted by atomic mass is 35.5. The van der Waals surface area contributed by atoms with Gasteiger partial charge < -0.3 is 14.8 Å². The summed E-state index contributed by atoms with van der Waals surface area (Å²) in [4.78, 5) is 12.7. The molecule has 0 aliphatic carbocycles. The molecule has 2 heterocycles. The van der Waals surface area contributed by atoms with Gasteiger partial charge in [-0.1, -0.05) is 46.5 Å². The number of hydrogen-bond acceptors (Lipinski definition) is 7. The van der Waals surface area contributed by atoms with E-state index in [1.807, 2.05) is 24.3 Å². The molecule has 1 aromatic heterocycles. The molecule has 0 amide bonds. The molecule has 0 radical (unpaired) electrons. The number of allylic oxidation sites excluding steroid dienone is 1. The Morgan fingerprint density at radius 3 is 2.55 bits per heavy atom. The van der Waals surface area contributed by atoms with E-state index >= 15 is 0 Å². The number of ether oxygens (including phenoxy) is 2. The van der Waals surface area contributed by atoms with Gasteiger partial charge in [0.1, 0.15) is 18.4 Å². The summed E-state index contributed by atoms with van der Waals surface area (Å²) in [6, 6.07) is 12.1. The maximum atomic E-state index is 12.7. The number of carbonyl (C=O) groups is 1. The van der Waals surface area contributed by atoms with Gasteiger partial charge in [0.05, 0.1) is 12.2 Å². The molecule has 0 saturated heterocycles. The van der Waals surface area contributed by atoms with Crippen molar-refractivity contribution in [1.82, 2.24) is 20.2 Å². The molecule has 0 spiro atoms. The van der Waals surface area contributed by atoms with Gasteiger partial charge in [-0.15, -0.1) is 0 Å². The number of hydrogen-bond donors (Lipinski definition) is 1. The number of aromatic nitrogens is 4.